The number of nitro benzene ring substituents is 1. The summed E-state index contributed by atoms with van der Waals surface area (Å²) < 4.78 is 1.79. The smallest absolute Gasteiger partial charge is 0.278 e. The summed E-state index contributed by atoms with van der Waals surface area (Å²) in [6.45, 7) is 3.62. The van der Waals surface area contributed by atoms with E-state index in [9.17, 15) is 14.9 Å². The lowest BCUT2D eigenvalue weighted by Gasteiger charge is -2.12. The van der Waals surface area contributed by atoms with Crippen LogP contribution in [0.2, 0.25) is 0 Å². The molecular weight excluding hydrogens is 232 g/mol. The van der Waals surface area contributed by atoms with Crippen molar-refractivity contribution in [1.29, 1.82) is 0 Å². The number of fused-ring (bicyclic) bond motifs is 1. The molecule has 0 fully saturated rings. The molecule has 0 saturated carbocycles. The zero-order chi connectivity index (χ0) is 13.3. The molecule has 2 aromatic rings. The molecule has 0 aliphatic rings. The summed E-state index contributed by atoms with van der Waals surface area (Å²) in [6, 6.07) is 6.29. The van der Waals surface area contributed by atoms with Gasteiger partial charge in [0.25, 0.3) is 5.69 Å². The number of hydrogen-bond acceptors (Lipinski definition) is 3. The molecular formula is C13H14N2O3. The topological polar surface area (TPSA) is 65.1 Å². The summed E-state index contributed by atoms with van der Waals surface area (Å²) in [7, 11) is 0. The minimum Gasteiger partial charge on any atom is -0.337 e. The largest absolute Gasteiger partial charge is 0.337 e. The molecule has 0 aliphatic heterocycles. The average Bonchev–Trinajstić information content (AvgIpc) is 2.80. The normalized spacial score (nSPS) is 12.6. The highest BCUT2D eigenvalue weighted by Crippen LogP contribution is 2.28. The van der Waals surface area contributed by atoms with Crippen LogP contribution in [0.4, 0.5) is 5.69 Å². The number of ketones is 1. The predicted octanol–water partition coefficient (Wildman–Crippen LogP) is 3.09. The van der Waals surface area contributed by atoms with Gasteiger partial charge >= 0.3 is 0 Å². The summed E-state index contributed by atoms with van der Waals surface area (Å²) >= 11 is 0. The molecule has 0 aliphatic carbocycles. The molecule has 0 bridgehead atoms. The van der Waals surface area contributed by atoms with Gasteiger partial charge in [0.1, 0.15) is 0 Å². The molecule has 0 radical (unpaired) electrons. The first-order chi connectivity index (χ1) is 8.56. The molecule has 94 valence electrons. The monoisotopic (exact) mass is 246 g/mol. The van der Waals surface area contributed by atoms with Crippen LogP contribution in [0.5, 0.6) is 0 Å². The Morgan fingerprint density at radius 3 is 2.78 bits per heavy atom. The number of hydrogen-bond donors (Lipinski definition) is 0. The van der Waals surface area contributed by atoms with Crippen molar-refractivity contribution in [3.63, 3.8) is 0 Å². The fourth-order valence-corrected chi connectivity index (χ4v) is 2.12. The maximum absolute atomic E-state index is 11.7. The molecule has 5 nitrogen and oxygen atoms in total. The number of nitro groups is 1. The summed E-state index contributed by atoms with van der Waals surface area (Å²) in [4.78, 5) is 22.2. The van der Waals surface area contributed by atoms with Crippen LogP contribution in [0.25, 0.3) is 10.9 Å². The van der Waals surface area contributed by atoms with Gasteiger partial charge in [-0.3, -0.25) is 14.9 Å². The van der Waals surface area contributed by atoms with Gasteiger partial charge in [0.2, 0.25) is 0 Å². The quantitative estimate of drug-likeness (QED) is 0.615. The van der Waals surface area contributed by atoms with Crippen LogP contribution in [-0.4, -0.2) is 15.3 Å². The Labute approximate surface area is 104 Å². The van der Waals surface area contributed by atoms with Crippen molar-refractivity contribution in [3.8, 4) is 0 Å². The van der Waals surface area contributed by atoms with Gasteiger partial charge in [0.05, 0.1) is 21.9 Å². The van der Waals surface area contributed by atoms with Crippen molar-refractivity contribution in [2.45, 2.75) is 26.3 Å². The lowest BCUT2D eigenvalue weighted by atomic mass is 10.1. The second-order valence-corrected chi connectivity index (χ2v) is 4.19. The van der Waals surface area contributed by atoms with Gasteiger partial charge in [-0.2, -0.15) is 0 Å². The van der Waals surface area contributed by atoms with Gasteiger partial charge in [-0.05, 0) is 19.1 Å². The highest BCUT2D eigenvalue weighted by molar-refractivity contribution is 5.91. The number of aromatic nitrogens is 1. The Bertz CT molecular complexity index is 616. The molecule has 2 rings (SSSR count). The second-order valence-electron chi connectivity index (χ2n) is 4.19. The first-order valence-corrected chi connectivity index (χ1v) is 5.83. The van der Waals surface area contributed by atoms with E-state index in [1.165, 1.54) is 6.07 Å². The van der Waals surface area contributed by atoms with E-state index in [-0.39, 0.29) is 17.5 Å². The predicted molar refractivity (Wildman–Crippen MR) is 68.6 cm³/mol. The van der Waals surface area contributed by atoms with Crippen LogP contribution >= 0.6 is 0 Å². The van der Waals surface area contributed by atoms with Crippen molar-refractivity contribution in [1.82, 2.24) is 4.57 Å². The van der Waals surface area contributed by atoms with E-state index in [0.717, 1.165) is 5.52 Å². The number of non-ortho nitro benzene ring substituents is 1. The molecule has 1 heterocycles. The number of carbonyl (C=O) groups excluding carboxylic acids is 1. The Morgan fingerprint density at radius 2 is 2.17 bits per heavy atom. The third-order valence-electron chi connectivity index (χ3n) is 3.17. The van der Waals surface area contributed by atoms with E-state index < -0.39 is 4.92 Å². The number of Topliss-reactive ketones (excluding diaryl/α,β-unsaturated/α-hetero) is 1. The van der Waals surface area contributed by atoms with E-state index in [4.69, 9.17) is 0 Å². The molecule has 0 N–H and O–H groups in total. The molecule has 18 heavy (non-hydrogen) atoms. The van der Waals surface area contributed by atoms with Gasteiger partial charge in [-0.25, -0.2) is 0 Å². The van der Waals surface area contributed by atoms with Crippen LogP contribution in [0.3, 0.4) is 0 Å². The summed E-state index contributed by atoms with van der Waals surface area (Å²) in [6.07, 6.45) is 2.19. The van der Waals surface area contributed by atoms with Gasteiger partial charge in [-0.1, -0.05) is 13.0 Å². The van der Waals surface area contributed by atoms with E-state index in [2.05, 4.69) is 0 Å². The third-order valence-corrected chi connectivity index (χ3v) is 3.17. The first kappa shape index (κ1) is 12.3. The lowest BCUT2D eigenvalue weighted by molar-refractivity contribution is -0.383. The first-order valence-electron chi connectivity index (χ1n) is 5.83. The number of carbonyl (C=O) groups is 1. The summed E-state index contributed by atoms with van der Waals surface area (Å²) in [5, 5.41) is 11.5. The molecule has 0 spiro atoms. The van der Waals surface area contributed by atoms with E-state index in [1.54, 1.807) is 29.0 Å². The fourth-order valence-electron chi connectivity index (χ4n) is 2.12. The SMILES string of the molecule is CCC(=O)C(C)n1ccc2c([N+](=O)[O-])cccc21. The molecule has 1 atom stereocenters. The molecule has 0 saturated heterocycles. The average molecular weight is 246 g/mol. The molecule has 1 aromatic heterocycles. The number of rotatable bonds is 4. The van der Waals surface area contributed by atoms with E-state index >= 15 is 0 Å². The van der Waals surface area contributed by atoms with Gasteiger partial charge in [0.15, 0.2) is 5.78 Å². The van der Waals surface area contributed by atoms with Crippen molar-refractivity contribution in [2.75, 3.05) is 0 Å². The Balaban J connectivity index is 2.59. The lowest BCUT2D eigenvalue weighted by Crippen LogP contribution is -2.14. The fraction of sp³-hybridized carbons (Fsp3) is 0.308. The maximum atomic E-state index is 11.7. The van der Waals surface area contributed by atoms with Gasteiger partial charge in [0, 0.05) is 18.7 Å². The molecule has 1 unspecified atom stereocenters. The zero-order valence-corrected chi connectivity index (χ0v) is 10.3. The second kappa shape index (κ2) is 4.60. The standard InChI is InChI=1S/C13H14N2O3/c1-3-13(16)9(2)14-8-7-10-11(14)5-4-6-12(10)15(17)18/h4-9H,3H2,1-2H3. The molecule has 5 heteroatoms. The van der Waals surface area contributed by atoms with E-state index in [0.29, 0.717) is 11.8 Å². The van der Waals surface area contributed by atoms with Crippen LogP contribution in [-0.2, 0) is 4.79 Å². The van der Waals surface area contributed by atoms with Crippen LogP contribution < -0.4 is 0 Å². The maximum Gasteiger partial charge on any atom is 0.278 e. The summed E-state index contributed by atoms with van der Waals surface area (Å²) in [5.41, 5.74) is 0.792. The minimum atomic E-state index is -0.404. The van der Waals surface area contributed by atoms with Crippen LogP contribution in [0.15, 0.2) is 30.5 Å². The third kappa shape index (κ3) is 1.88. The number of benzene rings is 1. The van der Waals surface area contributed by atoms with Crippen molar-refractivity contribution >= 4 is 22.4 Å². The summed E-state index contributed by atoms with van der Waals surface area (Å²) in [5.74, 6) is 0.110. The minimum absolute atomic E-state index is 0.0717. The number of nitrogens with zero attached hydrogens (tertiary/aromatic N) is 2. The Hall–Kier alpha value is -2.17. The van der Waals surface area contributed by atoms with E-state index in [1.807, 2.05) is 13.8 Å². The van der Waals surface area contributed by atoms with Gasteiger partial charge in [-0.15, -0.1) is 0 Å². The zero-order valence-electron chi connectivity index (χ0n) is 10.3. The molecule has 0 amide bonds. The van der Waals surface area contributed by atoms with Gasteiger partial charge < -0.3 is 4.57 Å². The Morgan fingerprint density at radius 1 is 1.44 bits per heavy atom. The van der Waals surface area contributed by atoms with Crippen molar-refractivity contribution in [2.24, 2.45) is 0 Å². The molecule has 1 aromatic carbocycles. The van der Waals surface area contributed by atoms with Crippen LogP contribution in [0, 0.1) is 10.1 Å². The van der Waals surface area contributed by atoms with Crippen molar-refractivity contribution in [3.05, 3.63) is 40.6 Å². The van der Waals surface area contributed by atoms with Crippen molar-refractivity contribution < 1.29 is 9.72 Å². The van der Waals surface area contributed by atoms with Crippen LogP contribution in [0.1, 0.15) is 26.3 Å². The highest BCUT2D eigenvalue weighted by Gasteiger charge is 2.18. The highest BCUT2D eigenvalue weighted by atomic mass is 16.6. The Kier molecular flexibility index (Phi) is 3.14.